The minimum atomic E-state index is -0.959. The minimum Gasteiger partial charge on any atom is -0.460 e. The van der Waals surface area contributed by atoms with Crippen molar-refractivity contribution in [1.82, 2.24) is 15.2 Å². The first kappa shape index (κ1) is 29.4. The zero-order chi connectivity index (χ0) is 27.8. The lowest BCUT2D eigenvalue weighted by Crippen LogP contribution is -2.44. The number of carbonyl (C=O) groups is 4. The summed E-state index contributed by atoms with van der Waals surface area (Å²) in [6, 6.07) is -0.714. The molecule has 0 aliphatic carbocycles. The van der Waals surface area contributed by atoms with Gasteiger partial charge >= 0.3 is 5.97 Å². The van der Waals surface area contributed by atoms with Crippen molar-refractivity contribution in [2.75, 3.05) is 13.1 Å². The Kier molecular flexibility index (Phi) is 10.6. The number of nitrogens with one attached hydrogen (secondary N) is 1. The first-order valence-electron chi connectivity index (χ1n) is 13.0. The van der Waals surface area contributed by atoms with Crippen molar-refractivity contribution in [2.24, 2.45) is 11.8 Å². The van der Waals surface area contributed by atoms with Crippen LogP contribution in [0.1, 0.15) is 62.5 Å². The molecule has 3 rings (SSSR count). The number of carbonyl (C=O) groups excluding carboxylic acids is 4. The van der Waals surface area contributed by atoms with E-state index in [1.54, 1.807) is 36.6 Å². The van der Waals surface area contributed by atoms with E-state index < -0.39 is 24.2 Å². The molecule has 3 heterocycles. The van der Waals surface area contributed by atoms with Gasteiger partial charge in [0.1, 0.15) is 28.6 Å². The average Bonchev–Trinajstić information content (AvgIpc) is 3.52. The second-order valence-corrected chi connectivity index (χ2v) is 11.1. The number of hydrogen-bond acceptors (Lipinski definition) is 8. The highest BCUT2D eigenvalue weighted by atomic mass is 32.1. The number of allylic oxidation sites excluding steroid dienone is 2. The molecular formula is C28H37N3O6S. The molecule has 0 radical (unpaired) electrons. The minimum absolute atomic E-state index is 0.00613. The van der Waals surface area contributed by atoms with Gasteiger partial charge in [0.05, 0.1) is 12.5 Å². The number of rotatable bonds is 1. The van der Waals surface area contributed by atoms with Crippen molar-refractivity contribution >= 4 is 34.9 Å². The normalized spacial score (nSPS) is 27.5. The second-order valence-electron chi connectivity index (χ2n) is 10.2. The Hall–Kier alpha value is -3.11. The Bertz CT molecular complexity index is 1120. The van der Waals surface area contributed by atoms with Gasteiger partial charge in [0.2, 0.25) is 5.91 Å². The highest BCUT2D eigenvalue weighted by Crippen LogP contribution is 2.26. The van der Waals surface area contributed by atoms with Gasteiger partial charge in [-0.15, -0.1) is 11.3 Å². The maximum atomic E-state index is 13.2. The van der Waals surface area contributed by atoms with Gasteiger partial charge in [-0.2, -0.15) is 0 Å². The van der Waals surface area contributed by atoms with Crippen LogP contribution in [0.15, 0.2) is 41.3 Å². The number of aromatic nitrogens is 1. The van der Waals surface area contributed by atoms with Crippen molar-refractivity contribution in [3.8, 4) is 0 Å². The van der Waals surface area contributed by atoms with Crippen molar-refractivity contribution in [3.63, 3.8) is 0 Å². The molecular weight excluding hydrogens is 506 g/mol. The summed E-state index contributed by atoms with van der Waals surface area (Å²) in [7, 11) is 0. The molecule has 2 amide bonds. The molecule has 0 aromatic carbocycles. The van der Waals surface area contributed by atoms with E-state index in [4.69, 9.17) is 4.74 Å². The van der Waals surface area contributed by atoms with E-state index in [0.29, 0.717) is 24.4 Å². The molecule has 2 aliphatic heterocycles. The van der Waals surface area contributed by atoms with Crippen molar-refractivity contribution in [1.29, 1.82) is 0 Å². The van der Waals surface area contributed by atoms with Gasteiger partial charge in [0.15, 0.2) is 0 Å². The summed E-state index contributed by atoms with van der Waals surface area (Å²) in [6.45, 7) is 8.28. The standard InChI is InChI=1S/C28H37N3O6S/c1-17(2)26-19(4)9-10-24(34)29-11-5-7-18(3)13-20(32)14-21(33)15-25-30-22(16-38-25)27(35)31-12-6-8-23(31)28(36)37-26/h5,7,9-10,13,16-17,19-20,23,26,32H,6,8,11-12,14-15H2,1-4H3,(H,29,34)/b7-5?,10-9+,18-13?/t19-,20-,23-,26?/m1/s1. The Labute approximate surface area is 227 Å². The zero-order valence-electron chi connectivity index (χ0n) is 22.4. The Morgan fingerprint density at radius 1 is 1.21 bits per heavy atom. The molecule has 2 N–H and O–H groups in total. The van der Waals surface area contributed by atoms with Gasteiger partial charge in [0.25, 0.3) is 5.91 Å². The SMILES string of the molecule is CC1=C[C@@H](O)CC(=O)Cc2nc(cs2)C(=O)N2CCC[C@@H]2C(=O)OC(C(C)C)[C@H](C)/C=C/C(=O)NCC=C1. The summed E-state index contributed by atoms with van der Waals surface area (Å²) >= 11 is 1.21. The Morgan fingerprint density at radius 3 is 2.71 bits per heavy atom. The topological polar surface area (TPSA) is 126 Å². The maximum Gasteiger partial charge on any atom is 0.329 e. The van der Waals surface area contributed by atoms with Crippen LogP contribution in [0, 0.1) is 11.8 Å². The lowest BCUT2D eigenvalue weighted by Gasteiger charge is -2.29. The van der Waals surface area contributed by atoms with Crippen LogP contribution in [0.5, 0.6) is 0 Å². The third-order valence-electron chi connectivity index (χ3n) is 6.55. The van der Waals surface area contributed by atoms with E-state index in [1.807, 2.05) is 20.8 Å². The molecule has 1 unspecified atom stereocenters. The number of ether oxygens (including phenoxy) is 1. The van der Waals surface area contributed by atoms with Crippen LogP contribution >= 0.6 is 11.3 Å². The fourth-order valence-electron chi connectivity index (χ4n) is 4.66. The largest absolute Gasteiger partial charge is 0.460 e. The van der Waals surface area contributed by atoms with E-state index in [0.717, 1.165) is 5.57 Å². The van der Waals surface area contributed by atoms with Crippen LogP contribution < -0.4 is 5.32 Å². The van der Waals surface area contributed by atoms with Crippen LogP contribution in [-0.2, 0) is 25.5 Å². The van der Waals surface area contributed by atoms with Crippen molar-refractivity contribution in [2.45, 2.75) is 71.6 Å². The van der Waals surface area contributed by atoms with Gasteiger partial charge in [-0.1, -0.05) is 50.6 Å². The van der Waals surface area contributed by atoms with E-state index in [2.05, 4.69) is 10.3 Å². The summed E-state index contributed by atoms with van der Waals surface area (Å²) in [6.07, 6.45) is 7.92. The predicted octanol–water partition coefficient (Wildman–Crippen LogP) is 3.00. The van der Waals surface area contributed by atoms with Gasteiger partial charge < -0.3 is 20.1 Å². The van der Waals surface area contributed by atoms with E-state index in [9.17, 15) is 24.3 Å². The molecule has 10 heteroatoms. The number of Topliss-reactive ketones (excluding diaryl/α,β-unsaturated/α-hetero) is 1. The fraction of sp³-hybridized carbons (Fsp3) is 0.536. The predicted molar refractivity (Wildman–Crippen MR) is 144 cm³/mol. The highest BCUT2D eigenvalue weighted by molar-refractivity contribution is 7.09. The zero-order valence-corrected chi connectivity index (χ0v) is 23.2. The van der Waals surface area contributed by atoms with Crippen LogP contribution in [0.3, 0.4) is 0 Å². The average molecular weight is 544 g/mol. The number of hydrogen-bond donors (Lipinski definition) is 2. The van der Waals surface area contributed by atoms with Gasteiger partial charge in [-0.25, -0.2) is 9.78 Å². The number of aliphatic hydroxyl groups is 1. The van der Waals surface area contributed by atoms with Crippen LogP contribution in [0.2, 0.25) is 0 Å². The number of esters is 1. The summed E-state index contributed by atoms with van der Waals surface area (Å²) in [4.78, 5) is 57.0. The smallest absolute Gasteiger partial charge is 0.329 e. The fourth-order valence-corrected chi connectivity index (χ4v) is 5.46. The molecule has 1 saturated heterocycles. The van der Waals surface area contributed by atoms with Gasteiger partial charge in [-0.3, -0.25) is 14.4 Å². The highest BCUT2D eigenvalue weighted by Gasteiger charge is 2.38. The quantitative estimate of drug-likeness (QED) is 0.522. The van der Waals surface area contributed by atoms with Crippen LogP contribution in [0.4, 0.5) is 0 Å². The molecule has 38 heavy (non-hydrogen) atoms. The lowest BCUT2D eigenvalue weighted by atomic mass is 9.94. The van der Waals surface area contributed by atoms with Crippen molar-refractivity contribution in [3.05, 3.63) is 52.0 Å². The number of amides is 2. The molecule has 1 fully saturated rings. The van der Waals surface area contributed by atoms with E-state index in [-0.39, 0.29) is 54.5 Å². The molecule has 2 aliphatic rings. The maximum absolute atomic E-state index is 13.2. The summed E-state index contributed by atoms with van der Waals surface area (Å²) < 4.78 is 5.90. The molecule has 1 aromatic heterocycles. The van der Waals surface area contributed by atoms with Gasteiger partial charge in [0, 0.05) is 30.8 Å². The van der Waals surface area contributed by atoms with E-state index >= 15 is 0 Å². The molecule has 206 valence electrons. The second kappa shape index (κ2) is 13.6. The molecule has 1 aromatic rings. The van der Waals surface area contributed by atoms with Crippen LogP contribution in [-0.4, -0.2) is 69.9 Å². The third kappa shape index (κ3) is 8.19. The molecule has 0 spiro atoms. The number of aliphatic hydroxyl groups excluding tert-OH is 1. The number of fused-ring (bicyclic) bond motifs is 3. The summed E-state index contributed by atoms with van der Waals surface area (Å²) in [5, 5.41) is 15.1. The monoisotopic (exact) mass is 543 g/mol. The Balaban J connectivity index is 1.85. The molecule has 0 saturated carbocycles. The number of cyclic esters (lactones) is 1. The Morgan fingerprint density at radius 2 is 1.97 bits per heavy atom. The van der Waals surface area contributed by atoms with Crippen LogP contribution in [0.25, 0.3) is 0 Å². The molecule has 9 nitrogen and oxygen atoms in total. The molecule has 4 atom stereocenters. The number of thiazole rings is 1. The van der Waals surface area contributed by atoms with E-state index in [1.165, 1.54) is 22.3 Å². The number of ketones is 1. The van der Waals surface area contributed by atoms with Gasteiger partial charge in [-0.05, 0) is 31.8 Å². The summed E-state index contributed by atoms with van der Waals surface area (Å²) in [5.74, 6) is -1.55. The molecule has 2 bridgehead atoms. The third-order valence-corrected chi connectivity index (χ3v) is 7.40. The first-order valence-corrected chi connectivity index (χ1v) is 13.9. The van der Waals surface area contributed by atoms with Crippen molar-refractivity contribution < 1.29 is 29.0 Å². The summed E-state index contributed by atoms with van der Waals surface area (Å²) in [5.41, 5.74) is 0.950. The lowest BCUT2D eigenvalue weighted by molar-refractivity contribution is -0.158. The first-order chi connectivity index (χ1) is 18.0. The number of nitrogens with zero attached hydrogens (tertiary/aromatic N) is 2.